The smallest absolute Gasteiger partial charge is 0.321 e. The minimum atomic E-state index is -0.252. The van der Waals surface area contributed by atoms with Gasteiger partial charge in [-0.15, -0.1) is 0 Å². The molecule has 2 saturated heterocycles. The van der Waals surface area contributed by atoms with Gasteiger partial charge in [-0.05, 0) is 48.4 Å². The van der Waals surface area contributed by atoms with E-state index in [2.05, 4.69) is 15.5 Å². The molecule has 2 fully saturated rings. The second-order valence-electron chi connectivity index (χ2n) is 7.19. The molecule has 1 unspecified atom stereocenters. The summed E-state index contributed by atoms with van der Waals surface area (Å²) in [5, 5.41) is 6.37. The number of carbonyl (C=O) groups is 1. The lowest BCUT2D eigenvalue weighted by Gasteiger charge is -2.37. The number of urea groups is 1. The lowest BCUT2D eigenvalue weighted by atomic mass is 10.1. The minimum Gasteiger partial charge on any atom is -0.322 e. The first-order valence-corrected chi connectivity index (χ1v) is 9.56. The molecule has 2 aliphatic rings. The molecule has 0 bridgehead atoms. The molecule has 2 aromatic rings. The van der Waals surface area contributed by atoms with Crippen LogP contribution >= 0.6 is 0 Å². The van der Waals surface area contributed by atoms with Crippen LogP contribution in [0.2, 0.25) is 0 Å². The van der Waals surface area contributed by atoms with Crippen LogP contribution in [0.3, 0.4) is 0 Å². The number of carbonyl (C=O) groups excluding carboxylic acids is 1. The van der Waals surface area contributed by atoms with Gasteiger partial charge in [-0.1, -0.05) is 24.3 Å². The number of halogens is 1. The predicted molar refractivity (Wildman–Crippen MR) is 105 cm³/mol. The average molecular weight is 368 g/mol. The van der Waals surface area contributed by atoms with Crippen molar-refractivity contribution in [2.45, 2.75) is 12.5 Å². The molecule has 0 aromatic heterocycles. The van der Waals surface area contributed by atoms with Gasteiger partial charge in [0.25, 0.3) is 0 Å². The van der Waals surface area contributed by atoms with Crippen molar-refractivity contribution in [2.24, 2.45) is 0 Å². The van der Waals surface area contributed by atoms with E-state index < -0.39 is 0 Å². The van der Waals surface area contributed by atoms with Crippen molar-refractivity contribution in [3.63, 3.8) is 0 Å². The van der Waals surface area contributed by atoms with E-state index in [0.29, 0.717) is 6.04 Å². The van der Waals surface area contributed by atoms with Crippen molar-refractivity contribution < 1.29 is 9.18 Å². The Bertz CT molecular complexity index is 781. The van der Waals surface area contributed by atoms with Gasteiger partial charge in [0, 0.05) is 44.5 Å². The summed E-state index contributed by atoms with van der Waals surface area (Å²) >= 11 is 0. The van der Waals surface area contributed by atoms with E-state index in [-0.39, 0.29) is 11.8 Å². The highest BCUT2D eigenvalue weighted by Gasteiger charge is 2.27. The first kappa shape index (κ1) is 17.9. The van der Waals surface area contributed by atoms with Crippen molar-refractivity contribution >= 4 is 11.7 Å². The Morgan fingerprint density at radius 3 is 2.48 bits per heavy atom. The monoisotopic (exact) mass is 368 g/mol. The van der Waals surface area contributed by atoms with E-state index in [1.165, 1.54) is 18.6 Å². The molecule has 142 valence electrons. The molecule has 4 rings (SSSR count). The third-order valence-corrected chi connectivity index (χ3v) is 5.45. The number of nitrogens with zero attached hydrogens (tertiary/aromatic N) is 2. The molecule has 0 aliphatic carbocycles. The van der Waals surface area contributed by atoms with Crippen molar-refractivity contribution in [2.75, 3.05) is 44.6 Å². The molecule has 0 spiro atoms. The Kier molecular flexibility index (Phi) is 5.36. The van der Waals surface area contributed by atoms with Gasteiger partial charge in [0.15, 0.2) is 0 Å². The highest BCUT2D eigenvalue weighted by molar-refractivity contribution is 5.89. The number of nitrogens with one attached hydrogen (secondary N) is 2. The molecule has 2 aromatic carbocycles. The van der Waals surface area contributed by atoms with Crippen LogP contribution in [-0.4, -0.2) is 61.1 Å². The zero-order valence-electron chi connectivity index (χ0n) is 15.3. The van der Waals surface area contributed by atoms with Crippen LogP contribution in [0.25, 0.3) is 11.1 Å². The molecule has 1 atom stereocenters. The van der Waals surface area contributed by atoms with Crippen LogP contribution < -0.4 is 10.6 Å². The first-order chi connectivity index (χ1) is 13.2. The molecule has 2 N–H and O–H groups in total. The molecule has 6 heteroatoms. The Balaban J connectivity index is 1.32. The second-order valence-corrected chi connectivity index (χ2v) is 7.19. The molecule has 0 radical (unpaired) electrons. The van der Waals surface area contributed by atoms with Gasteiger partial charge in [0.05, 0.1) is 0 Å². The Morgan fingerprint density at radius 1 is 1.04 bits per heavy atom. The first-order valence-electron chi connectivity index (χ1n) is 9.56. The molecule has 2 amide bonds. The lowest BCUT2D eigenvalue weighted by Crippen LogP contribution is -2.53. The molecule has 2 heterocycles. The Labute approximate surface area is 159 Å². The van der Waals surface area contributed by atoms with Gasteiger partial charge in [-0.3, -0.25) is 4.90 Å². The Morgan fingerprint density at radius 2 is 1.81 bits per heavy atom. The summed E-state index contributed by atoms with van der Waals surface area (Å²) in [5.74, 6) is -0.252. The highest BCUT2D eigenvalue weighted by atomic mass is 19.1. The van der Waals surface area contributed by atoms with Gasteiger partial charge in [0.1, 0.15) is 5.82 Å². The van der Waals surface area contributed by atoms with Crippen LogP contribution in [0, 0.1) is 5.82 Å². The lowest BCUT2D eigenvalue weighted by molar-refractivity contribution is 0.119. The number of anilines is 1. The fourth-order valence-corrected chi connectivity index (χ4v) is 3.86. The number of hydrogen-bond donors (Lipinski definition) is 2. The van der Waals surface area contributed by atoms with Gasteiger partial charge in [0.2, 0.25) is 0 Å². The minimum absolute atomic E-state index is 0.0577. The standard InChI is InChI=1S/C21H25FN4O/c22-18-3-1-2-17(14-18)16-4-6-19(7-5-16)24-21(27)26-12-10-25(11-13-26)20-8-9-23-15-20/h1-7,14,20,23H,8-13,15H2,(H,24,27). The summed E-state index contributed by atoms with van der Waals surface area (Å²) in [6.45, 7) is 5.52. The van der Waals surface area contributed by atoms with Gasteiger partial charge >= 0.3 is 6.03 Å². The van der Waals surface area contributed by atoms with Crippen LogP contribution in [0.4, 0.5) is 14.9 Å². The van der Waals surface area contributed by atoms with Gasteiger partial charge in [-0.2, -0.15) is 0 Å². The summed E-state index contributed by atoms with van der Waals surface area (Å²) < 4.78 is 13.4. The number of amides is 2. The van der Waals surface area contributed by atoms with Crippen molar-refractivity contribution in [3.05, 3.63) is 54.3 Å². The van der Waals surface area contributed by atoms with Crippen molar-refractivity contribution in [1.82, 2.24) is 15.1 Å². The van der Waals surface area contributed by atoms with Crippen LogP contribution in [0.1, 0.15) is 6.42 Å². The summed E-state index contributed by atoms with van der Waals surface area (Å²) in [7, 11) is 0. The maximum Gasteiger partial charge on any atom is 0.321 e. The van der Waals surface area contributed by atoms with E-state index in [9.17, 15) is 9.18 Å². The molecular formula is C21H25FN4O. The van der Waals surface area contributed by atoms with E-state index in [0.717, 1.165) is 56.1 Å². The largest absolute Gasteiger partial charge is 0.322 e. The van der Waals surface area contributed by atoms with Crippen LogP contribution in [0.15, 0.2) is 48.5 Å². The fourth-order valence-electron chi connectivity index (χ4n) is 3.86. The van der Waals surface area contributed by atoms with Crippen molar-refractivity contribution in [1.29, 1.82) is 0 Å². The van der Waals surface area contributed by atoms with Gasteiger partial charge in [-0.25, -0.2) is 9.18 Å². The van der Waals surface area contributed by atoms with E-state index in [4.69, 9.17) is 0 Å². The Hall–Kier alpha value is -2.44. The molecule has 5 nitrogen and oxygen atoms in total. The quantitative estimate of drug-likeness (QED) is 0.876. The maximum absolute atomic E-state index is 13.4. The normalized spacial score (nSPS) is 20.6. The van der Waals surface area contributed by atoms with Crippen LogP contribution in [0.5, 0.6) is 0 Å². The van der Waals surface area contributed by atoms with Crippen molar-refractivity contribution in [3.8, 4) is 11.1 Å². The molecule has 0 saturated carbocycles. The molecule has 27 heavy (non-hydrogen) atoms. The van der Waals surface area contributed by atoms with Crippen LogP contribution in [-0.2, 0) is 0 Å². The summed E-state index contributed by atoms with van der Waals surface area (Å²) in [6.07, 6.45) is 1.20. The number of rotatable bonds is 3. The fraction of sp³-hybridized carbons (Fsp3) is 0.381. The predicted octanol–water partition coefficient (Wildman–Crippen LogP) is 3.00. The SMILES string of the molecule is O=C(Nc1ccc(-c2cccc(F)c2)cc1)N1CCN(C2CCNC2)CC1. The van der Waals surface area contributed by atoms with E-state index in [1.807, 2.05) is 35.2 Å². The third-order valence-electron chi connectivity index (χ3n) is 5.45. The van der Waals surface area contributed by atoms with E-state index in [1.54, 1.807) is 6.07 Å². The number of hydrogen-bond acceptors (Lipinski definition) is 3. The number of piperazine rings is 1. The molecular weight excluding hydrogens is 343 g/mol. The number of benzene rings is 2. The summed E-state index contributed by atoms with van der Waals surface area (Å²) in [4.78, 5) is 16.9. The topological polar surface area (TPSA) is 47.6 Å². The maximum atomic E-state index is 13.4. The summed E-state index contributed by atoms with van der Waals surface area (Å²) in [6, 6.07) is 14.6. The average Bonchev–Trinajstić information content (AvgIpc) is 3.23. The third kappa shape index (κ3) is 4.28. The van der Waals surface area contributed by atoms with E-state index >= 15 is 0 Å². The highest BCUT2D eigenvalue weighted by Crippen LogP contribution is 2.22. The zero-order chi connectivity index (χ0) is 18.6. The molecule has 2 aliphatic heterocycles. The second kappa shape index (κ2) is 8.06. The summed E-state index contributed by atoms with van der Waals surface area (Å²) in [5.41, 5.74) is 2.50. The van der Waals surface area contributed by atoms with Gasteiger partial charge < -0.3 is 15.5 Å². The zero-order valence-corrected chi connectivity index (χ0v) is 15.3.